The van der Waals surface area contributed by atoms with E-state index in [1.54, 1.807) is 48.5 Å². The second-order valence-electron chi connectivity index (χ2n) is 7.01. The Kier molecular flexibility index (Phi) is 6.49. The van der Waals surface area contributed by atoms with Gasteiger partial charge in [0.15, 0.2) is 0 Å². The maximum Gasteiger partial charge on any atom is 0.257 e. The number of carboxylic acids is 1. The van der Waals surface area contributed by atoms with Crippen LogP contribution in [0.3, 0.4) is 0 Å². The molecule has 0 radical (unpaired) electrons. The summed E-state index contributed by atoms with van der Waals surface area (Å²) in [6, 6.07) is 13.6. The van der Waals surface area contributed by atoms with Crippen molar-refractivity contribution in [2.45, 2.75) is 25.7 Å². The van der Waals surface area contributed by atoms with Gasteiger partial charge in [-0.1, -0.05) is 37.1 Å². The molecule has 1 saturated carbocycles. The summed E-state index contributed by atoms with van der Waals surface area (Å²) in [6.07, 6.45) is 2.47. The minimum atomic E-state index is -1.20. The van der Waals surface area contributed by atoms with Gasteiger partial charge in [-0.3, -0.25) is 9.59 Å². The third-order valence-electron chi connectivity index (χ3n) is 5.19. The molecule has 2 amide bonds. The summed E-state index contributed by atoms with van der Waals surface area (Å²) in [7, 11) is 1.51. The molecule has 7 heteroatoms. The lowest BCUT2D eigenvalue weighted by Crippen LogP contribution is -2.42. The number of carboxylic acid groups (broad SMARTS) is 1. The van der Waals surface area contributed by atoms with Crippen LogP contribution in [0.4, 0.5) is 11.4 Å². The molecule has 0 bridgehead atoms. The highest BCUT2D eigenvalue weighted by atomic mass is 16.5. The van der Waals surface area contributed by atoms with Crippen molar-refractivity contribution >= 4 is 29.2 Å². The number of anilines is 2. The average Bonchev–Trinajstić information content (AvgIpc) is 2.74. The van der Waals surface area contributed by atoms with Gasteiger partial charge in [0, 0.05) is 17.8 Å². The number of para-hydroxylation sites is 3. The van der Waals surface area contributed by atoms with Crippen molar-refractivity contribution in [2.24, 2.45) is 11.8 Å². The highest BCUT2D eigenvalue weighted by Crippen LogP contribution is 2.31. The van der Waals surface area contributed by atoms with Crippen LogP contribution in [0, 0.1) is 11.8 Å². The monoisotopic (exact) mass is 395 g/mol. The summed E-state index contributed by atoms with van der Waals surface area (Å²) < 4.78 is 5.24. The summed E-state index contributed by atoms with van der Waals surface area (Å²) in [4.78, 5) is 37.0. The first-order valence-corrected chi connectivity index (χ1v) is 9.56. The van der Waals surface area contributed by atoms with Crippen molar-refractivity contribution in [1.29, 1.82) is 0 Å². The van der Waals surface area contributed by atoms with E-state index < -0.39 is 29.6 Å². The quantitative estimate of drug-likeness (QED) is 0.781. The molecule has 0 spiro atoms. The van der Waals surface area contributed by atoms with Crippen LogP contribution in [0.1, 0.15) is 36.0 Å². The molecule has 3 rings (SSSR count). The van der Waals surface area contributed by atoms with Crippen LogP contribution in [-0.4, -0.2) is 24.9 Å². The molecule has 0 heterocycles. The van der Waals surface area contributed by atoms with Crippen LogP contribution < -0.4 is 20.5 Å². The van der Waals surface area contributed by atoms with Gasteiger partial charge in [-0.15, -0.1) is 0 Å². The van der Waals surface area contributed by atoms with Gasteiger partial charge >= 0.3 is 0 Å². The Hall–Kier alpha value is -3.35. The fraction of sp³-hybridized carbons (Fsp3) is 0.318. The fourth-order valence-electron chi connectivity index (χ4n) is 3.68. The lowest BCUT2D eigenvalue weighted by atomic mass is 9.78. The van der Waals surface area contributed by atoms with E-state index in [1.807, 2.05) is 0 Å². The molecule has 1 aliphatic rings. The van der Waals surface area contributed by atoms with E-state index in [2.05, 4.69) is 10.6 Å². The third kappa shape index (κ3) is 4.74. The molecule has 0 saturated heterocycles. The maximum atomic E-state index is 12.8. The zero-order valence-electron chi connectivity index (χ0n) is 16.1. The molecule has 2 N–H and O–H groups in total. The molecule has 0 aliphatic heterocycles. The van der Waals surface area contributed by atoms with E-state index in [1.165, 1.54) is 7.11 Å². The molecule has 29 heavy (non-hydrogen) atoms. The van der Waals surface area contributed by atoms with E-state index in [0.29, 0.717) is 30.0 Å². The van der Waals surface area contributed by atoms with Gasteiger partial charge in [-0.2, -0.15) is 0 Å². The summed E-state index contributed by atoms with van der Waals surface area (Å²) in [6.45, 7) is 0. The van der Waals surface area contributed by atoms with Crippen LogP contribution in [0.5, 0.6) is 5.75 Å². The lowest BCUT2D eigenvalue weighted by Gasteiger charge is -2.31. The van der Waals surface area contributed by atoms with Crippen molar-refractivity contribution < 1.29 is 24.2 Å². The normalized spacial score (nSPS) is 18.5. The van der Waals surface area contributed by atoms with Crippen LogP contribution in [0.2, 0.25) is 0 Å². The largest absolute Gasteiger partial charge is 0.550 e. The Labute approximate surface area is 169 Å². The number of aliphatic carboxylic acids is 1. The second-order valence-corrected chi connectivity index (χ2v) is 7.01. The summed E-state index contributed by atoms with van der Waals surface area (Å²) in [5.41, 5.74) is 1.10. The zero-order valence-corrected chi connectivity index (χ0v) is 16.1. The molecule has 1 aliphatic carbocycles. The van der Waals surface area contributed by atoms with Crippen molar-refractivity contribution in [1.82, 2.24) is 0 Å². The van der Waals surface area contributed by atoms with Gasteiger partial charge in [0.25, 0.3) is 5.91 Å². The van der Waals surface area contributed by atoms with Gasteiger partial charge in [0.1, 0.15) is 5.75 Å². The molecular weight excluding hydrogens is 372 g/mol. The lowest BCUT2D eigenvalue weighted by molar-refractivity contribution is -0.313. The van der Waals surface area contributed by atoms with E-state index >= 15 is 0 Å². The number of ether oxygens (including phenoxy) is 1. The number of methoxy groups -OCH3 is 1. The van der Waals surface area contributed by atoms with E-state index in [4.69, 9.17) is 4.74 Å². The highest BCUT2D eigenvalue weighted by molar-refractivity contribution is 6.10. The molecule has 152 valence electrons. The minimum Gasteiger partial charge on any atom is -0.550 e. The molecule has 2 aromatic carbocycles. The summed E-state index contributed by atoms with van der Waals surface area (Å²) >= 11 is 0. The predicted octanol–water partition coefficient (Wildman–Crippen LogP) is 2.44. The molecule has 1 fully saturated rings. The Morgan fingerprint density at radius 3 is 2.21 bits per heavy atom. The highest BCUT2D eigenvalue weighted by Gasteiger charge is 2.32. The van der Waals surface area contributed by atoms with Crippen molar-refractivity contribution in [3.8, 4) is 5.75 Å². The SMILES string of the molecule is COc1ccccc1NC(=O)c1ccccc1NC(=O)[C@H]1CCCC[C@@H]1C(=O)[O-]. The van der Waals surface area contributed by atoms with Gasteiger partial charge in [-0.25, -0.2) is 0 Å². The average molecular weight is 395 g/mol. The fourth-order valence-corrected chi connectivity index (χ4v) is 3.68. The summed E-state index contributed by atoms with van der Waals surface area (Å²) in [5, 5.41) is 16.9. The molecule has 7 nitrogen and oxygen atoms in total. The number of amides is 2. The number of carbonyl (C=O) groups excluding carboxylic acids is 3. The van der Waals surface area contributed by atoms with Crippen LogP contribution >= 0.6 is 0 Å². The number of benzene rings is 2. The third-order valence-corrected chi connectivity index (χ3v) is 5.19. The smallest absolute Gasteiger partial charge is 0.257 e. The minimum absolute atomic E-state index is 0.271. The van der Waals surface area contributed by atoms with E-state index in [-0.39, 0.29) is 5.56 Å². The van der Waals surface area contributed by atoms with E-state index in [0.717, 1.165) is 12.8 Å². The van der Waals surface area contributed by atoms with Gasteiger partial charge < -0.3 is 25.3 Å². The van der Waals surface area contributed by atoms with Gasteiger partial charge in [0.05, 0.1) is 24.0 Å². The van der Waals surface area contributed by atoms with Crippen LogP contribution in [0.25, 0.3) is 0 Å². The van der Waals surface area contributed by atoms with Crippen molar-refractivity contribution in [3.63, 3.8) is 0 Å². The second kappa shape index (κ2) is 9.23. The van der Waals surface area contributed by atoms with E-state index in [9.17, 15) is 19.5 Å². The molecule has 0 aromatic heterocycles. The maximum absolute atomic E-state index is 12.8. The first-order chi connectivity index (χ1) is 14.0. The molecular formula is C22H23N2O5-. The standard InChI is InChI=1S/C22H24N2O5/c1-29-19-13-7-6-12-18(19)24-21(26)16-10-4-5-11-17(16)23-20(25)14-8-2-3-9-15(14)22(27)28/h4-7,10-15H,2-3,8-9H2,1H3,(H,23,25)(H,24,26)(H,27,28)/p-1/t14-,15-/m0/s1. The van der Waals surface area contributed by atoms with Crippen LogP contribution in [0.15, 0.2) is 48.5 Å². The van der Waals surface area contributed by atoms with Crippen molar-refractivity contribution in [2.75, 3.05) is 17.7 Å². The van der Waals surface area contributed by atoms with Crippen molar-refractivity contribution in [3.05, 3.63) is 54.1 Å². The Balaban J connectivity index is 1.79. The number of rotatable bonds is 6. The Morgan fingerprint density at radius 2 is 1.52 bits per heavy atom. The molecule has 2 atom stereocenters. The van der Waals surface area contributed by atoms with Crippen LogP contribution in [-0.2, 0) is 9.59 Å². The first kappa shape index (κ1) is 20.4. The number of nitrogens with one attached hydrogen (secondary N) is 2. The molecule has 2 aromatic rings. The number of carbonyl (C=O) groups is 3. The number of hydrogen-bond acceptors (Lipinski definition) is 5. The van der Waals surface area contributed by atoms with Gasteiger partial charge in [-0.05, 0) is 37.1 Å². The van der Waals surface area contributed by atoms with Gasteiger partial charge in [0.2, 0.25) is 5.91 Å². The Morgan fingerprint density at radius 1 is 0.897 bits per heavy atom. The summed E-state index contributed by atoms with van der Waals surface area (Å²) in [5.74, 6) is -2.98. The Bertz CT molecular complexity index is 912. The topological polar surface area (TPSA) is 108 Å². The first-order valence-electron chi connectivity index (χ1n) is 9.56. The number of hydrogen-bond donors (Lipinski definition) is 2. The predicted molar refractivity (Wildman–Crippen MR) is 106 cm³/mol. The zero-order chi connectivity index (χ0) is 20.8. The molecule has 0 unspecified atom stereocenters.